The molecule has 1 aromatic carbocycles. The van der Waals surface area contributed by atoms with Crippen molar-refractivity contribution in [3.63, 3.8) is 0 Å². The number of carbonyl (C=O) groups excluding carboxylic acids is 2. The molecule has 4 nitrogen and oxygen atoms in total. The lowest BCUT2D eigenvalue weighted by atomic mass is 9.87. The number of benzene rings is 1. The van der Waals surface area contributed by atoms with Gasteiger partial charge in [-0.25, -0.2) is 0 Å². The number of aryl methyl sites for hydroxylation is 2. The number of esters is 1. The highest BCUT2D eigenvalue weighted by atomic mass is 16.5. The molecule has 0 atom stereocenters. The molecule has 0 N–H and O–H groups in total. The van der Waals surface area contributed by atoms with Gasteiger partial charge in [-0.3, -0.25) is 14.5 Å². The van der Waals surface area contributed by atoms with Gasteiger partial charge < -0.3 is 4.74 Å². The fourth-order valence-electron chi connectivity index (χ4n) is 2.91. The lowest BCUT2D eigenvalue weighted by molar-refractivity contribution is -0.142. The second-order valence-electron chi connectivity index (χ2n) is 5.81. The smallest absolute Gasteiger partial charge is 0.319 e. The lowest BCUT2D eigenvalue weighted by Crippen LogP contribution is -2.39. The molecule has 1 fully saturated rings. The van der Waals surface area contributed by atoms with E-state index in [9.17, 15) is 9.59 Å². The molecule has 2 rings (SSSR count). The van der Waals surface area contributed by atoms with Crippen LogP contribution in [0, 0.1) is 19.8 Å². The maximum absolute atomic E-state index is 12.6. The topological polar surface area (TPSA) is 46.6 Å². The zero-order valence-electron chi connectivity index (χ0n) is 13.0. The molecule has 0 unspecified atom stereocenters. The molecule has 4 heteroatoms. The van der Waals surface area contributed by atoms with Gasteiger partial charge >= 0.3 is 5.97 Å². The van der Waals surface area contributed by atoms with E-state index in [2.05, 4.69) is 15.7 Å². The molecule has 0 spiro atoms. The minimum Gasteiger partial charge on any atom is -0.468 e. The van der Waals surface area contributed by atoms with Gasteiger partial charge in [-0.05, 0) is 45.3 Å². The highest BCUT2D eigenvalue weighted by Gasteiger charge is 2.27. The Hall–Kier alpha value is -1.68. The Kier molecular flexibility index (Phi) is 5.12. The summed E-state index contributed by atoms with van der Waals surface area (Å²) in [6.07, 6.45) is 1.62. The van der Waals surface area contributed by atoms with Crippen LogP contribution in [-0.4, -0.2) is 43.4 Å². The summed E-state index contributed by atoms with van der Waals surface area (Å²) in [7, 11) is 1.40. The average Bonchev–Trinajstić information content (AvgIpc) is 2.47. The van der Waals surface area contributed by atoms with Crippen molar-refractivity contribution in [2.75, 3.05) is 26.7 Å². The van der Waals surface area contributed by atoms with Crippen LogP contribution in [0.25, 0.3) is 0 Å². The van der Waals surface area contributed by atoms with E-state index in [4.69, 9.17) is 0 Å². The Bertz CT molecular complexity index is 531. The molecular formula is C17H23NO3. The van der Waals surface area contributed by atoms with Crippen LogP contribution >= 0.6 is 0 Å². The highest BCUT2D eigenvalue weighted by molar-refractivity contribution is 5.99. The maximum atomic E-state index is 12.6. The second kappa shape index (κ2) is 6.85. The van der Waals surface area contributed by atoms with Crippen molar-refractivity contribution in [2.24, 2.45) is 5.92 Å². The summed E-state index contributed by atoms with van der Waals surface area (Å²) in [5, 5.41) is 0. The summed E-state index contributed by atoms with van der Waals surface area (Å²) < 4.78 is 4.68. The maximum Gasteiger partial charge on any atom is 0.319 e. The third kappa shape index (κ3) is 3.91. The molecule has 0 aliphatic carbocycles. The average molecular weight is 289 g/mol. The van der Waals surface area contributed by atoms with Crippen molar-refractivity contribution in [1.82, 2.24) is 4.90 Å². The van der Waals surface area contributed by atoms with Gasteiger partial charge in [0, 0.05) is 11.5 Å². The molecule has 1 aliphatic heterocycles. The Balaban J connectivity index is 1.95. The zero-order chi connectivity index (χ0) is 15.4. The van der Waals surface area contributed by atoms with E-state index in [0.717, 1.165) is 37.1 Å². The number of ketones is 1. The Morgan fingerprint density at radius 3 is 2.48 bits per heavy atom. The number of Topliss-reactive ketones (excluding diaryl/α,β-unsaturated/α-hetero) is 1. The molecular weight excluding hydrogens is 266 g/mol. The van der Waals surface area contributed by atoms with E-state index in [1.807, 2.05) is 26.0 Å². The molecule has 0 saturated carbocycles. The first kappa shape index (κ1) is 15.7. The molecule has 0 bridgehead atoms. The summed E-state index contributed by atoms with van der Waals surface area (Å²) in [6.45, 7) is 5.90. The Morgan fingerprint density at radius 1 is 1.24 bits per heavy atom. The summed E-state index contributed by atoms with van der Waals surface area (Å²) in [6, 6.07) is 5.99. The summed E-state index contributed by atoms with van der Waals surface area (Å²) >= 11 is 0. The van der Waals surface area contributed by atoms with Crippen molar-refractivity contribution in [3.05, 3.63) is 34.9 Å². The number of rotatable bonds is 4. The van der Waals surface area contributed by atoms with Crippen molar-refractivity contribution >= 4 is 11.8 Å². The van der Waals surface area contributed by atoms with E-state index in [-0.39, 0.29) is 17.7 Å². The Labute approximate surface area is 126 Å². The van der Waals surface area contributed by atoms with Gasteiger partial charge in [0.15, 0.2) is 5.78 Å². The number of ether oxygens (including phenoxy) is 1. The van der Waals surface area contributed by atoms with Crippen molar-refractivity contribution in [2.45, 2.75) is 26.7 Å². The van der Waals surface area contributed by atoms with Gasteiger partial charge in [0.1, 0.15) is 0 Å². The standard InChI is InChI=1S/C17H23NO3/c1-12-4-5-15(13(2)10-12)17(20)14-6-8-18(9-7-14)11-16(19)21-3/h4-5,10,14H,6-9,11H2,1-3H3. The fraction of sp³-hybridized carbons (Fsp3) is 0.529. The summed E-state index contributed by atoms with van der Waals surface area (Å²) in [4.78, 5) is 25.9. The molecule has 0 aromatic heterocycles. The minimum atomic E-state index is -0.214. The van der Waals surface area contributed by atoms with Crippen LogP contribution in [0.4, 0.5) is 0 Å². The number of likely N-dealkylation sites (tertiary alicyclic amines) is 1. The van der Waals surface area contributed by atoms with Crippen LogP contribution < -0.4 is 0 Å². The third-order valence-electron chi connectivity index (χ3n) is 4.19. The van der Waals surface area contributed by atoms with E-state index >= 15 is 0 Å². The predicted molar refractivity (Wildman–Crippen MR) is 81.4 cm³/mol. The van der Waals surface area contributed by atoms with Gasteiger partial charge in [-0.2, -0.15) is 0 Å². The second-order valence-corrected chi connectivity index (χ2v) is 5.81. The van der Waals surface area contributed by atoms with Crippen LogP contribution in [0.3, 0.4) is 0 Å². The van der Waals surface area contributed by atoms with Crippen molar-refractivity contribution < 1.29 is 14.3 Å². The number of piperidine rings is 1. The molecule has 1 aliphatic rings. The molecule has 114 valence electrons. The highest BCUT2D eigenvalue weighted by Crippen LogP contribution is 2.23. The third-order valence-corrected chi connectivity index (χ3v) is 4.19. The number of carbonyl (C=O) groups is 2. The molecule has 0 amide bonds. The van der Waals surface area contributed by atoms with Gasteiger partial charge in [0.25, 0.3) is 0 Å². The number of hydrogen-bond acceptors (Lipinski definition) is 4. The fourth-order valence-corrected chi connectivity index (χ4v) is 2.91. The monoisotopic (exact) mass is 289 g/mol. The number of hydrogen-bond donors (Lipinski definition) is 0. The van der Waals surface area contributed by atoms with E-state index in [1.165, 1.54) is 12.7 Å². The number of methoxy groups -OCH3 is 1. The van der Waals surface area contributed by atoms with Crippen molar-refractivity contribution in [3.8, 4) is 0 Å². The SMILES string of the molecule is COC(=O)CN1CCC(C(=O)c2ccc(C)cc2C)CC1. The normalized spacial score (nSPS) is 16.7. The van der Waals surface area contributed by atoms with Gasteiger partial charge in [-0.1, -0.05) is 23.8 Å². The molecule has 1 saturated heterocycles. The van der Waals surface area contributed by atoms with Crippen LogP contribution in [0.1, 0.15) is 34.3 Å². The van der Waals surface area contributed by atoms with E-state index < -0.39 is 0 Å². The van der Waals surface area contributed by atoms with Crippen LogP contribution in [0.2, 0.25) is 0 Å². The van der Waals surface area contributed by atoms with Crippen molar-refractivity contribution in [1.29, 1.82) is 0 Å². The first-order valence-corrected chi connectivity index (χ1v) is 7.42. The van der Waals surface area contributed by atoms with E-state index in [1.54, 1.807) is 0 Å². The van der Waals surface area contributed by atoms with Crippen LogP contribution in [0.5, 0.6) is 0 Å². The quantitative estimate of drug-likeness (QED) is 0.630. The van der Waals surface area contributed by atoms with Gasteiger partial charge in [-0.15, -0.1) is 0 Å². The van der Waals surface area contributed by atoms with E-state index in [0.29, 0.717) is 6.54 Å². The lowest BCUT2D eigenvalue weighted by Gasteiger charge is -2.30. The molecule has 21 heavy (non-hydrogen) atoms. The summed E-state index contributed by atoms with van der Waals surface area (Å²) in [5.74, 6) is 0.0969. The number of nitrogens with zero attached hydrogens (tertiary/aromatic N) is 1. The molecule has 1 aromatic rings. The molecule has 0 radical (unpaired) electrons. The van der Waals surface area contributed by atoms with Gasteiger partial charge in [0.2, 0.25) is 0 Å². The van der Waals surface area contributed by atoms with Gasteiger partial charge in [0.05, 0.1) is 13.7 Å². The van der Waals surface area contributed by atoms with Crippen LogP contribution in [-0.2, 0) is 9.53 Å². The molecule has 1 heterocycles. The Morgan fingerprint density at radius 2 is 1.90 bits per heavy atom. The largest absolute Gasteiger partial charge is 0.468 e. The first-order chi connectivity index (χ1) is 10.0. The first-order valence-electron chi connectivity index (χ1n) is 7.42. The summed E-state index contributed by atoms with van der Waals surface area (Å²) in [5.41, 5.74) is 3.07. The minimum absolute atomic E-state index is 0.0697. The zero-order valence-corrected chi connectivity index (χ0v) is 13.0. The predicted octanol–water partition coefficient (Wildman–Crippen LogP) is 2.37. The van der Waals surface area contributed by atoms with Crippen LogP contribution in [0.15, 0.2) is 18.2 Å².